The predicted octanol–water partition coefficient (Wildman–Crippen LogP) is 16.6. The van der Waals surface area contributed by atoms with Gasteiger partial charge in [-0.25, -0.2) is 9.97 Å². The monoisotopic (exact) mass is 848 g/mol. The fraction of sp³-hybridized carbons (Fsp3) is 0.0154. The van der Waals surface area contributed by atoms with E-state index in [-0.39, 0.29) is 0 Å². The first-order chi connectivity index (χ1) is 33.2. The Bertz CT molecular complexity index is 3930. The summed E-state index contributed by atoms with van der Waals surface area (Å²) in [4.78, 5) is 10.8. The van der Waals surface area contributed by atoms with Gasteiger partial charge in [-0.15, -0.1) is 0 Å². The third kappa shape index (κ3) is 5.63. The van der Waals surface area contributed by atoms with E-state index in [1.165, 1.54) is 88.0 Å². The number of rotatable bonds is 5. The molecule has 0 radical (unpaired) electrons. The van der Waals surface area contributed by atoms with Gasteiger partial charge in [-0.3, -0.25) is 0 Å². The number of benzene rings is 11. The summed E-state index contributed by atoms with van der Waals surface area (Å²) in [6.07, 6.45) is 0. The SMILES string of the molecule is c1ccc(-c2cccc(-c3cc(-c4ccc5c(c4)-c4ccccc4C54c5ccccc5-c5ccccc54)nc(-c4ccc(-c5c6ccccc6cc6c5ccc5ccccc56)cc4)n3)c2)cc1. The highest BCUT2D eigenvalue weighted by Crippen LogP contribution is 2.63. The average molecular weight is 849 g/mol. The van der Waals surface area contributed by atoms with Crippen molar-refractivity contribution in [3.8, 4) is 78.4 Å². The van der Waals surface area contributed by atoms with Crippen LogP contribution in [0.2, 0.25) is 0 Å². The summed E-state index contributed by atoms with van der Waals surface area (Å²) in [5.41, 5.74) is 19.6. The third-order valence-corrected chi connectivity index (χ3v) is 14.5. The zero-order valence-electron chi connectivity index (χ0n) is 36.5. The molecule has 1 spiro atoms. The normalized spacial score (nSPS) is 12.9. The van der Waals surface area contributed by atoms with Crippen molar-refractivity contribution in [3.63, 3.8) is 0 Å². The molecule has 2 nitrogen and oxygen atoms in total. The molecule has 0 saturated heterocycles. The van der Waals surface area contributed by atoms with E-state index in [4.69, 9.17) is 9.97 Å². The smallest absolute Gasteiger partial charge is 0.160 e. The second kappa shape index (κ2) is 14.7. The second-order valence-corrected chi connectivity index (χ2v) is 18.0. The minimum atomic E-state index is -0.401. The van der Waals surface area contributed by atoms with Crippen LogP contribution in [0.1, 0.15) is 22.3 Å². The Morgan fingerprint density at radius 2 is 0.776 bits per heavy atom. The molecule has 2 heteroatoms. The Labute approximate surface area is 389 Å². The lowest BCUT2D eigenvalue weighted by molar-refractivity contribution is 0.794. The Kier molecular flexibility index (Phi) is 8.23. The van der Waals surface area contributed by atoms with Crippen molar-refractivity contribution in [2.24, 2.45) is 0 Å². The Morgan fingerprint density at radius 1 is 0.254 bits per heavy atom. The van der Waals surface area contributed by atoms with Crippen molar-refractivity contribution in [1.82, 2.24) is 9.97 Å². The molecule has 310 valence electrons. The molecule has 1 aromatic heterocycles. The Balaban J connectivity index is 0.946. The molecule has 0 amide bonds. The number of hydrogen-bond acceptors (Lipinski definition) is 2. The molecule has 0 N–H and O–H groups in total. The van der Waals surface area contributed by atoms with Crippen molar-refractivity contribution >= 4 is 32.3 Å². The molecule has 0 unspecified atom stereocenters. The molecule has 0 saturated carbocycles. The molecule has 2 aliphatic carbocycles. The number of aromatic nitrogens is 2. The van der Waals surface area contributed by atoms with E-state index in [9.17, 15) is 0 Å². The van der Waals surface area contributed by atoms with E-state index in [0.717, 1.165) is 39.2 Å². The van der Waals surface area contributed by atoms with Gasteiger partial charge < -0.3 is 0 Å². The molecule has 0 fully saturated rings. The summed E-state index contributed by atoms with van der Waals surface area (Å²) in [5.74, 6) is 0.689. The van der Waals surface area contributed by atoms with Crippen molar-refractivity contribution in [2.45, 2.75) is 5.41 Å². The van der Waals surface area contributed by atoms with Gasteiger partial charge in [-0.05, 0) is 123 Å². The largest absolute Gasteiger partial charge is 0.228 e. The van der Waals surface area contributed by atoms with Gasteiger partial charge in [0.1, 0.15) is 0 Å². The molecule has 0 aliphatic heterocycles. The van der Waals surface area contributed by atoms with Crippen LogP contribution in [0, 0.1) is 0 Å². The van der Waals surface area contributed by atoms with Crippen LogP contribution < -0.4 is 0 Å². The van der Waals surface area contributed by atoms with Crippen molar-refractivity contribution in [2.75, 3.05) is 0 Å². The fourth-order valence-corrected chi connectivity index (χ4v) is 11.5. The summed E-state index contributed by atoms with van der Waals surface area (Å²) in [6, 6.07) is 88.7. The molecule has 67 heavy (non-hydrogen) atoms. The summed E-state index contributed by atoms with van der Waals surface area (Å²) < 4.78 is 0. The molecule has 0 atom stereocenters. The minimum absolute atomic E-state index is 0.401. The summed E-state index contributed by atoms with van der Waals surface area (Å²) in [7, 11) is 0. The standard InChI is InChI=1S/C65H40N2/c1-2-15-41(16-3-1)45-19-14-20-47(37-45)61-40-62(48-34-36-60-56(39-48)53-25-10-13-28-59(53)65(60)57-26-11-8-23-51(57)52-24-9-12-27-58(52)65)67-64(66-61)44-31-29-43(30-32-44)63-50-22-7-5-18-46(50)38-55-49-21-6-4-17-42(49)33-35-54(55)63/h1-40H. The van der Waals surface area contributed by atoms with Gasteiger partial charge in [0.25, 0.3) is 0 Å². The van der Waals surface area contributed by atoms with Gasteiger partial charge in [0.2, 0.25) is 0 Å². The summed E-state index contributed by atoms with van der Waals surface area (Å²) in [6.45, 7) is 0. The maximum atomic E-state index is 5.45. The van der Waals surface area contributed by atoms with E-state index >= 15 is 0 Å². The second-order valence-electron chi connectivity index (χ2n) is 18.0. The first-order valence-corrected chi connectivity index (χ1v) is 23.1. The van der Waals surface area contributed by atoms with Crippen LogP contribution in [-0.2, 0) is 5.41 Å². The molecule has 2 aliphatic rings. The van der Waals surface area contributed by atoms with Gasteiger partial charge in [-0.2, -0.15) is 0 Å². The highest BCUT2D eigenvalue weighted by molar-refractivity contribution is 6.20. The Hall–Kier alpha value is -8.72. The lowest BCUT2D eigenvalue weighted by Crippen LogP contribution is -2.25. The maximum Gasteiger partial charge on any atom is 0.160 e. The van der Waals surface area contributed by atoms with Crippen molar-refractivity contribution in [3.05, 3.63) is 265 Å². The fourth-order valence-electron chi connectivity index (χ4n) is 11.5. The van der Waals surface area contributed by atoms with Crippen molar-refractivity contribution in [1.29, 1.82) is 0 Å². The highest BCUT2D eigenvalue weighted by Gasteiger charge is 2.51. The molecular weight excluding hydrogens is 809 g/mol. The van der Waals surface area contributed by atoms with Crippen LogP contribution in [0.4, 0.5) is 0 Å². The average Bonchev–Trinajstić information content (AvgIpc) is 3.87. The third-order valence-electron chi connectivity index (χ3n) is 14.5. The van der Waals surface area contributed by atoms with Gasteiger partial charge in [-0.1, -0.05) is 218 Å². The highest BCUT2D eigenvalue weighted by atomic mass is 14.9. The maximum absolute atomic E-state index is 5.45. The Morgan fingerprint density at radius 3 is 1.49 bits per heavy atom. The number of hydrogen-bond donors (Lipinski definition) is 0. The number of fused-ring (bicyclic) bond motifs is 14. The van der Waals surface area contributed by atoms with Gasteiger partial charge in [0, 0.05) is 16.7 Å². The van der Waals surface area contributed by atoms with Crippen LogP contribution in [0.3, 0.4) is 0 Å². The summed E-state index contributed by atoms with van der Waals surface area (Å²) >= 11 is 0. The molecule has 14 rings (SSSR count). The quantitative estimate of drug-likeness (QED) is 0.127. The van der Waals surface area contributed by atoms with E-state index in [1.807, 2.05) is 0 Å². The van der Waals surface area contributed by atoms with Gasteiger partial charge in [0.15, 0.2) is 5.82 Å². The van der Waals surface area contributed by atoms with E-state index in [1.54, 1.807) is 0 Å². The molecule has 11 aromatic carbocycles. The van der Waals surface area contributed by atoms with Crippen molar-refractivity contribution < 1.29 is 0 Å². The summed E-state index contributed by atoms with van der Waals surface area (Å²) in [5, 5.41) is 7.48. The number of nitrogens with zero attached hydrogens (tertiary/aromatic N) is 2. The molecule has 12 aromatic rings. The predicted molar refractivity (Wildman–Crippen MR) is 278 cm³/mol. The lowest BCUT2D eigenvalue weighted by atomic mass is 9.70. The van der Waals surface area contributed by atoms with Crippen LogP contribution in [0.5, 0.6) is 0 Å². The zero-order chi connectivity index (χ0) is 44.1. The minimum Gasteiger partial charge on any atom is -0.228 e. The van der Waals surface area contributed by atoms with E-state index < -0.39 is 5.41 Å². The van der Waals surface area contributed by atoms with Crippen LogP contribution >= 0.6 is 0 Å². The zero-order valence-corrected chi connectivity index (χ0v) is 36.5. The van der Waals surface area contributed by atoms with Crippen LogP contribution in [0.25, 0.3) is 111 Å². The molecule has 0 bridgehead atoms. The first kappa shape index (κ1) is 37.6. The lowest BCUT2D eigenvalue weighted by Gasteiger charge is -2.30. The molecule has 1 heterocycles. The van der Waals surface area contributed by atoms with Crippen LogP contribution in [0.15, 0.2) is 243 Å². The van der Waals surface area contributed by atoms with Crippen LogP contribution in [-0.4, -0.2) is 9.97 Å². The van der Waals surface area contributed by atoms with E-state index in [2.05, 4.69) is 243 Å². The first-order valence-electron chi connectivity index (χ1n) is 23.1. The van der Waals surface area contributed by atoms with Gasteiger partial charge >= 0.3 is 0 Å². The van der Waals surface area contributed by atoms with Gasteiger partial charge in [0.05, 0.1) is 16.8 Å². The van der Waals surface area contributed by atoms with E-state index in [0.29, 0.717) is 5.82 Å². The topological polar surface area (TPSA) is 25.8 Å². The molecular formula is C65H40N2.